The number of hydrogen-bond acceptors (Lipinski definition) is 4. The molecule has 1 aliphatic carbocycles. The van der Waals surface area contributed by atoms with Crippen LogP contribution in [0.5, 0.6) is 5.75 Å². The minimum absolute atomic E-state index is 0.807. The van der Waals surface area contributed by atoms with Gasteiger partial charge in [-0.3, -0.25) is 5.84 Å². The number of anilines is 1. The first-order valence-corrected chi connectivity index (χ1v) is 6.80. The Labute approximate surface area is 112 Å². The van der Waals surface area contributed by atoms with Crippen molar-refractivity contribution in [3.63, 3.8) is 0 Å². The Morgan fingerprint density at radius 1 is 1.21 bits per heavy atom. The predicted octanol–water partition coefficient (Wildman–Crippen LogP) is 2.80. The third-order valence-corrected chi connectivity index (χ3v) is 3.87. The zero-order valence-corrected chi connectivity index (χ0v) is 11.2. The van der Waals surface area contributed by atoms with Crippen molar-refractivity contribution in [2.24, 2.45) is 5.84 Å². The fraction of sp³-hybridized carbons (Fsp3) is 0.400. The highest BCUT2D eigenvalue weighted by molar-refractivity contribution is 5.96. The summed E-state index contributed by atoms with van der Waals surface area (Å²) in [6, 6.07) is 5.97. The van der Waals surface area contributed by atoms with Gasteiger partial charge in [-0.25, -0.2) is 4.98 Å². The van der Waals surface area contributed by atoms with Crippen molar-refractivity contribution in [1.82, 2.24) is 4.98 Å². The molecule has 0 saturated carbocycles. The van der Waals surface area contributed by atoms with E-state index in [-0.39, 0.29) is 0 Å². The van der Waals surface area contributed by atoms with Gasteiger partial charge in [0, 0.05) is 11.1 Å². The van der Waals surface area contributed by atoms with Gasteiger partial charge in [-0.1, -0.05) is 18.6 Å². The molecular formula is C15H19N3O. The van der Waals surface area contributed by atoms with E-state index in [1.54, 1.807) is 7.11 Å². The van der Waals surface area contributed by atoms with Crippen molar-refractivity contribution in [1.29, 1.82) is 0 Å². The molecule has 4 nitrogen and oxygen atoms in total. The molecule has 0 atom stereocenters. The zero-order chi connectivity index (χ0) is 13.2. The second kappa shape index (κ2) is 5.05. The van der Waals surface area contributed by atoms with E-state index in [1.165, 1.54) is 30.5 Å². The number of nitrogens with one attached hydrogen (secondary N) is 1. The van der Waals surface area contributed by atoms with E-state index >= 15 is 0 Å². The minimum atomic E-state index is 0.807. The maximum absolute atomic E-state index is 5.76. The van der Waals surface area contributed by atoms with E-state index in [0.717, 1.165) is 35.2 Å². The van der Waals surface area contributed by atoms with E-state index in [9.17, 15) is 0 Å². The monoisotopic (exact) mass is 257 g/mol. The van der Waals surface area contributed by atoms with Gasteiger partial charge < -0.3 is 10.2 Å². The lowest BCUT2D eigenvalue weighted by molar-refractivity contribution is 0.419. The number of methoxy groups -OCH3 is 1. The number of nitrogen functional groups attached to an aromatic ring is 1. The van der Waals surface area contributed by atoms with Crippen LogP contribution in [-0.2, 0) is 12.8 Å². The minimum Gasteiger partial charge on any atom is -0.494 e. The Hall–Kier alpha value is -1.81. The summed E-state index contributed by atoms with van der Waals surface area (Å²) in [6.45, 7) is 0. The Kier molecular flexibility index (Phi) is 3.25. The molecule has 1 aromatic carbocycles. The maximum atomic E-state index is 5.76. The van der Waals surface area contributed by atoms with E-state index in [1.807, 2.05) is 18.2 Å². The van der Waals surface area contributed by atoms with Crippen LogP contribution >= 0.6 is 0 Å². The average Bonchev–Trinajstić information content (AvgIpc) is 2.69. The lowest BCUT2D eigenvalue weighted by Crippen LogP contribution is -2.12. The number of ether oxygens (including phenoxy) is 1. The van der Waals surface area contributed by atoms with Crippen LogP contribution in [-0.4, -0.2) is 12.1 Å². The molecule has 100 valence electrons. The second-order valence-electron chi connectivity index (χ2n) is 4.97. The van der Waals surface area contributed by atoms with Gasteiger partial charge in [-0.05, 0) is 37.3 Å². The standard InChI is InChI=1S/C15H19N3O/c1-19-13-9-5-7-11-14(18-16)10-6-3-2-4-8-12(10)17-15(11)13/h5,7,9H,2-4,6,8,16H2,1H3,(H,17,18). The molecule has 0 saturated heterocycles. The van der Waals surface area contributed by atoms with Crippen molar-refractivity contribution in [3.05, 3.63) is 29.5 Å². The summed E-state index contributed by atoms with van der Waals surface area (Å²) in [5, 5.41) is 1.04. The number of nitrogens with zero attached hydrogens (tertiary/aromatic N) is 1. The molecule has 3 N–H and O–H groups in total. The number of nitrogens with two attached hydrogens (primary N) is 1. The van der Waals surface area contributed by atoms with Crippen LogP contribution in [0.3, 0.4) is 0 Å². The van der Waals surface area contributed by atoms with Crippen molar-refractivity contribution in [2.75, 3.05) is 12.5 Å². The van der Waals surface area contributed by atoms with Crippen LogP contribution in [0.2, 0.25) is 0 Å². The van der Waals surface area contributed by atoms with E-state index < -0.39 is 0 Å². The van der Waals surface area contributed by atoms with Crippen LogP contribution in [0, 0.1) is 0 Å². The molecule has 0 fully saturated rings. The zero-order valence-electron chi connectivity index (χ0n) is 11.2. The van der Waals surface area contributed by atoms with Crippen LogP contribution in [0.25, 0.3) is 10.9 Å². The van der Waals surface area contributed by atoms with Crippen molar-refractivity contribution >= 4 is 16.6 Å². The number of fused-ring (bicyclic) bond motifs is 2. The van der Waals surface area contributed by atoms with Gasteiger partial charge in [-0.2, -0.15) is 0 Å². The smallest absolute Gasteiger partial charge is 0.145 e. The first-order chi connectivity index (χ1) is 9.35. The molecule has 0 aliphatic heterocycles. The molecule has 3 rings (SSSR count). The number of aryl methyl sites for hydroxylation is 1. The van der Waals surface area contributed by atoms with Gasteiger partial charge in [0.05, 0.1) is 12.8 Å². The van der Waals surface area contributed by atoms with Gasteiger partial charge in [0.15, 0.2) is 0 Å². The fourth-order valence-corrected chi connectivity index (χ4v) is 2.93. The summed E-state index contributed by atoms with van der Waals surface area (Å²) in [4.78, 5) is 4.83. The van der Waals surface area contributed by atoms with Crippen molar-refractivity contribution in [2.45, 2.75) is 32.1 Å². The van der Waals surface area contributed by atoms with E-state index in [0.29, 0.717) is 0 Å². The molecule has 4 heteroatoms. The molecule has 1 heterocycles. The summed E-state index contributed by atoms with van der Waals surface area (Å²) >= 11 is 0. The number of benzene rings is 1. The fourth-order valence-electron chi connectivity index (χ4n) is 2.93. The molecule has 0 unspecified atom stereocenters. The maximum Gasteiger partial charge on any atom is 0.145 e. The van der Waals surface area contributed by atoms with Crippen LogP contribution in [0.1, 0.15) is 30.5 Å². The average molecular weight is 257 g/mol. The summed E-state index contributed by atoms with van der Waals surface area (Å²) in [5.74, 6) is 6.57. The third kappa shape index (κ3) is 2.02. The molecule has 1 aliphatic rings. The number of rotatable bonds is 2. The van der Waals surface area contributed by atoms with Crippen LogP contribution in [0.15, 0.2) is 18.2 Å². The molecule has 0 spiro atoms. The van der Waals surface area contributed by atoms with Gasteiger partial charge in [0.1, 0.15) is 11.3 Å². The normalized spacial score (nSPS) is 14.8. The number of para-hydroxylation sites is 1. The molecule has 1 aromatic heterocycles. The number of aromatic nitrogens is 1. The highest BCUT2D eigenvalue weighted by atomic mass is 16.5. The Morgan fingerprint density at radius 3 is 2.84 bits per heavy atom. The topological polar surface area (TPSA) is 60.2 Å². The molecule has 0 radical (unpaired) electrons. The SMILES string of the molecule is COc1cccc2c(NN)c3c(nc12)CCCCC3. The second-order valence-corrected chi connectivity index (χ2v) is 4.97. The number of hydrogen-bond donors (Lipinski definition) is 2. The highest BCUT2D eigenvalue weighted by Gasteiger charge is 2.18. The highest BCUT2D eigenvalue weighted by Crippen LogP contribution is 2.35. The van der Waals surface area contributed by atoms with Gasteiger partial charge in [0.2, 0.25) is 0 Å². The Bertz CT molecular complexity index is 610. The van der Waals surface area contributed by atoms with E-state index in [4.69, 9.17) is 15.6 Å². The number of hydrazine groups is 1. The summed E-state index contributed by atoms with van der Waals surface area (Å²) in [7, 11) is 1.68. The summed E-state index contributed by atoms with van der Waals surface area (Å²) < 4.78 is 5.42. The quantitative estimate of drug-likeness (QED) is 0.493. The summed E-state index contributed by atoms with van der Waals surface area (Å²) in [5.41, 5.74) is 7.25. The van der Waals surface area contributed by atoms with Crippen molar-refractivity contribution in [3.8, 4) is 5.75 Å². The molecule has 2 aromatic rings. The first-order valence-electron chi connectivity index (χ1n) is 6.80. The predicted molar refractivity (Wildman–Crippen MR) is 77.4 cm³/mol. The van der Waals surface area contributed by atoms with Crippen molar-refractivity contribution < 1.29 is 4.74 Å². The first kappa shape index (κ1) is 12.2. The lowest BCUT2D eigenvalue weighted by Gasteiger charge is -2.16. The van der Waals surface area contributed by atoms with Gasteiger partial charge in [0.25, 0.3) is 0 Å². The largest absolute Gasteiger partial charge is 0.494 e. The van der Waals surface area contributed by atoms with Crippen LogP contribution in [0.4, 0.5) is 5.69 Å². The molecule has 0 bridgehead atoms. The van der Waals surface area contributed by atoms with Gasteiger partial charge >= 0.3 is 0 Å². The molecular weight excluding hydrogens is 238 g/mol. The molecule has 19 heavy (non-hydrogen) atoms. The Morgan fingerprint density at radius 2 is 2.05 bits per heavy atom. The van der Waals surface area contributed by atoms with E-state index in [2.05, 4.69) is 5.43 Å². The van der Waals surface area contributed by atoms with Gasteiger partial charge in [-0.15, -0.1) is 0 Å². The number of pyridine rings is 1. The van der Waals surface area contributed by atoms with Crippen LogP contribution < -0.4 is 16.0 Å². The molecule has 0 amide bonds. The third-order valence-electron chi connectivity index (χ3n) is 3.87. The lowest BCUT2D eigenvalue weighted by atomic mass is 10.0. The summed E-state index contributed by atoms with van der Waals surface area (Å²) in [6.07, 6.45) is 5.74. The Balaban J connectivity index is 2.32.